The summed E-state index contributed by atoms with van der Waals surface area (Å²) >= 11 is 0. The summed E-state index contributed by atoms with van der Waals surface area (Å²) in [5.41, 5.74) is 5.20. The number of nitrogens with one attached hydrogen (secondary N) is 2. The van der Waals surface area contributed by atoms with Crippen molar-refractivity contribution in [1.82, 2.24) is 4.31 Å². The van der Waals surface area contributed by atoms with E-state index < -0.39 is 16.1 Å². The lowest BCUT2D eigenvalue weighted by molar-refractivity contribution is -0.116. The molecule has 7 heteroatoms. The number of hydrogen-bond donors (Lipinski definition) is 2. The number of nitrogens with zero attached hydrogens (tertiary/aromatic N) is 1. The molecule has 6 nitrogen and oxygen atoms in total. The predicted molar refractivity (Wildman–Crippen MR) is 114 cm³/mol. The average Bonchev–Trinajstić information content (AvgIpc) is 2.59. The fourth-order valence-electron chi connectivity index (χ4n) is 3.09. The summed E-state index contributed by atoms with van der Waals surface area (Å²) in [6.07, 6.45) is 0. The van der Waals surface area contributed by atoms with Gasteiger partial charge in [-0.05, 0) is 63.4 Å². The van der Waals surface area contributed by atoms with Crippen molar-refractivity contribution in [1.29, 1.82) is 0 Å². The highest BCUT2D eigenvalue weighted by Crippen LogP contribution is 2.24. The van der Waals surface area contributed by atoms with E-state index in [0.717, 1.165) is 22.4 Å². The normalized spacial score (nSPS) is 12.7. The van der Waals surface area contributed by atoms with Crippen molar-refractivity contribution >= 4 is 27.3 Å². The molecule has 0 unspecified atom stereocenters. The minimum Gasteiger partial charge on any atom is -0.374 e. The Kier molecular flexibility index (Phi) is 6.52. The van der Waals surface area contributed by atoms with Crippen molar-refractivity contribution in [3.05, 3.63) is 52.6 Å². The van der Waals surface area contributed by atoms with E-state index in [1.807, 2.05) is 32.9 Å². The fourth-order valence-corrected chi connectivity index (χ4v) is 4.23. The molecule has 2 aromatic carbocycles. The minimum atomic E-state index is -3.56. The maximum Gasteiger partial charge on any atom is 0.246 e. The molecule has 2 N–H and O–H groups in total. The molecule has 0 radical (unpaired) electrons. The first-order valence-corrected chi connectivity index (χ1v) is 10.6. The lowest BCUT2D eigenvalue weighted by atomic mass is 10.0. The van der Waals surface area contributed by atoms with Crippen LogP contribution >= 0.6 is 0 Å². The third kappa shape index (κ3) is 4.72. The molecule has 0 aliphatic rings. The van der Waals surface area contributed by atoms with Crippen molar-refractivity contribution < 1.29 is 13.2 Å². The van der Waals surface area contributed by atoms with Gasteiger partial charge in [-0.15, -0.1) is 0 Å². The van der Waals surface area contributed by atoms with Crippen LogP contribution < -0.4 is 10.6 Å². The van der Waals surface area contributed by atoms with Crippen LogP contribution in [-0.4, -0.2) is 38.8 Å². The van der Waals surface area contributed by atoms with E-state index in [1.165, 1.54) is 18.4 Å². The fraction of sp³-hybridized carbons (Fsp3) is 0.381. The zero-order chi connectivity index (χ0) is 21.2. The molecule has 0 aromatic heterocycles. The van der Waals surface area contributed by atoms with Gasteiger partial charge in [-0.25, -0.2) is 12.7 Å². The topological polar surface area (TPSA) is 78.5 Å². The minimum absolute atomic E-state index is 0.187. The first kappa shape index (κ1) is 21.9. The van der Waals surface area contributed by atoms with Crippen LogP contribution in [0.2, 0.25) is 0 Å². The summed E-state index contributed by atoms with van der Waals surface area (Å²) in [6.45, 7) is 9.44. The Hall–Kier alpha value is -2.38. The smallest absolute Gasteiger partial charge is 0.246 e. The molecule has 28 heavy (non-hydrogen) atoms. The summed E-state index contributed by atoms with van der Waals surface area (Å²) in [7, 11) is -0.563. The molecular weight excluding hydrogens is 374 g/mol. The van der Waals surface area contributed by atoms with E-state index in [9.17, 15) is 13.2 Å². The van der Waals surface area contributed by atoms with E-state index in [2.05, 4.69) is 10.6 Å². The van der Waals surface area contributed by atoms with Gasteiger partial charge in [0.25, 0.3) is 0 Å². The zero-order valence-electron chi connectivity index (χ0n) is 17.5. The van der Waals surface area contributed by atoms with Crippen molar-refractivity contribution in [2.45, 2.75) is 45.6 Å². The monoisotopic (exact) mass is 403 g/mol. The maximum atomic E-state index is 12.7. The largest absolute Gasteiger partial charge is 0.374 e. The zero-order valence-corrected chi connectivity index (χ0v) is 18.4. The molecular formula is C21H29N3O3S. The Balaban J connectivity index is 2.21. The number of anilines is 2. The molecule has 2 rings (SSSR count). The Bertz CT molecular complexity index is 975. The standard InChI is InChI=1S/C21H29N3O3S/c1-13-10-15(3)20(16(4)11-13)23-21(25)17(5)22-18-9-8-14(2)19(12-18)28(26,27)24(6)7/h8-12,17,22H,1-7H3,(H,23,25)/t17-/m1/s1. The van der Waals surface area contributed by atoms with E-state index in [-0.39, 0.29) is 10.8 Å². The Morgan fingerprint density at radius 3 is 2.07 bits per heavy atom. The van der Waals surface area contributed by atoms with Crippen molar-refractivity contribution in [3.8, 4) is 0 Å². The van der Waals surface area contributed by atoms with Crippen molar-refractivity contribution in [2.75, 3.05) is 24.7 Å². The summed E-state index contributed by atoms with van der Waals surface area (Å²) in [5.74, 6) is -0.187. The van der Waals surface area contributed by atoms with Gasteiger partial charge >= 0.3 is 0 Å². The number of benzene rings is 2. The lowest BCUT2D eigenvalue weighted by Gasteiger charge is -2.19. The van der Waals surface area contributed by atoms with E-state index in [1.54, 1.807) is 32.0 Å². The van der Waals surface area contributed by atoms with Gasteiger partial charge in [-0.2, -0.15) is 0 Å². The number of rotatable bonds is 6. The molecule has 1 amide bonds. The molecule has 0 aliphatic carbocycles. The molecule has 0 heterocycles. The van der Waals surface area contributed by atoms with Gasteiger partial charge in [0, 0.05) is 25.5 Å². The van der Waals surface area contributed by atoms with Gasteiger partial charge in [0.2, 0.25) is 15.9 Å². The van der Waals surface area contributed by atoms with Gasteiger partial charge < -0.3 is 10.6 Å². The van der Waals surface area contributed by atoms with Crippen LogP contribution in [0.25, 0.3) is 0 Å². The van der Waals surface area contributed by atoms with Crippen LogP contribution in [-0.2, 0) is 14.8 Å². The van der Waals surface area contributed by atoms with Crippen molar-refractivity contribution in [2.24, 2.45) is 0 Å². The molecule has 0 bridgehead atoms. The molecule has 1 atom stereocenters. The molecule has 2 aromatic rings. The van der Waals surface area contributed by atoms with E-state index in [4.69, 9.17) is 0 Å². The molecule has 0 saturated carbocycles. The number of amides is 1. The van der Waals surface area contributed by atoms with E-state index in [0.29, 0.717) is 11.3 Å². The maximum absolute atomic E-state index is 12.7. The summed E-state index contributed by atoms with van der Waals surface area (Å²) in [5, 5.41) is 6.07. The third-order valence-electron chi connectivity index (χ3n) is 4.65. The van der Waals surface area contributed by atoms with Crippen LogP contribution in [0.3, 0.4) is 0 Å². The van der Waals surface area contributed by atoms with E-state index >= 15 is 0 Å². The highest BCUT2D eigenvalue weighted by atomic mass is 32.2. The summed E-state index contributed by atoms with van der Waals surface area (Å²) in [6, 6.07) is 8.58. The average molecular weight is 404 g/mol. The number of carbonyl (C=O) groups excluding carboxylic acids is 1. The molecule has 0 spiro atoms. The highest BCUT2D eigenvalue weighted by Gasteiger charge is 2.21. The summed E-state index contributed by atoms with van der Waals surface area (Å²) in [4.78, 5) is 12.9. The second kappa shape index (κ2) is 8.32. The van der Waals surface area contributed by atoms with Gasteiger partial charge in [0.05, 0.1) is 4.90 Å². The SMILES string of the molecule is Cc1cc(C)c(NC(=O)[C@@H](C)Nc2ccc(C)c(S(=O)(=O)N(C)C)c2)c(C)c1. The first-order valence-electron chi connectivity index (χ1n) is 9.12. The number of carbonyl (C=O) groups is 1. The van der Waals surface area contributed by atoms with Crippen LogP contribution in [0.15, 0.2) is 35.2 Å². The third-order valence-corrected chi connectivity index (χ3v) is 6.61. The number of aryl methyl sites for hydroxylation is 4. The number of sulfonamides is 1. The Morgan fingerprint density at radius 2 is 1.54 bits per heavy atom. The molecule has 0 aliphatic heterocycles. The van der Waals surface area contributed by atoms with Crippen LogP contribution in [0.5, 0.6) is 0 Å². The highest BCUT2D eigenvalue weighted by molar-refractivity contribution is 7.89. The van der Waals surface area contributed by atoms with Crippen molar-refractivity contribution in [3.63, 3.8) is 0 Å². The second-order valence-electron chi connectivity index (χ2n) is 7.40. The van der Waals surface area contributed by atoms with Crippen LogP contribution in [0, 0.1) is 27.7 Å². The predicted octanol–water partition coefficient (Wildman–Crippen LogP) is 3.61. The van der Waals surface area contributed by atoms with Crippen LogP contribution in [0.1, 0.15) is 29.2 Å². The van der Waals surface area contributed by atoms with Gasteiger partial charge in [-0.1, -0.05) is 23.8 Å². The molecule has 152 valence electrons. The second-order valence-corrected chi connectivity index (χ2v) is 9.52. The number of hydrogen-bond acceptors (Lipinski definition) is 4. The lowest BCUT2D eigenvalue weighted by Crippen LogP contribution is -2.32. The van der Waals surface area contributed by atoms with Crippen LogP contribution in [0.4, 0.5) is 11.4 Å². The van der Waals surface area contributed by atoms with Gasteiger partial charge in [0.1, 0.15) is 6.04 Å². The first-order chi connectivity index (χ1) is 12.9. The quantitative estimate of drug-likeness (QED) is 0.772. The molecule has 0 saturated heterocycles. The summed E-state index contributed by atoms with van der Waals surface area (Å²) < 4.78 is 26.2. The Morgan fingerprint density at radius 1 is 0.964 bits per heavy atom. The van der Waals surface area contributed by atoms with Gasteiger partial charge in [-0.3, -0.25) is 4.79 Å². The molecule has 0 fully saturated rings. The van der Waals surface area contributed by atoms with Gasteiger partial charge in [0.15, 0.2) is 0 Å². The Labute approximate surface area is 168 Å².